The van der Waals surface area contributed by atoms with E-state index in [1.807, 2.05) is 0 Å². The first-order valence-electron chi connectivity index (χ1n) is 5.58. The third kappa shape index (κ3) is 2.88. The number of hydrogen-bond acceptors (Lipinski definition) is 2. The van der Waals surface area contributed by atoms with E-state index in [4.69, 9.17) is 5.73 Å². The molecule has 0 saturated heterocycles. The van der Waals surface area contributed by atoms with E-state index in [0.29, 0.717) is 22.4 Å². The van der Waals surface area contributed by atoms with Crippen molar-refractivity contribution in [2.24, 2.45) is 0 Å². The normalized spacial score (nSPS) is 11.6. The highest BCUT2D eigenvalue weighted by molar-refractivity contribution is 5.70. The number of halogens is 3. The molecule has 0 saturated carbocycles. The minimum absolute atomic E-state index is 0.221. The molecular formula is C14H12F3NO. The van der Waals surface area contributed by atoms with Crippen molar-refractivity contribution < 1.29 is 18.3 Å². The average Bonchev–Trinajstić information content (AvgIpc) is 2.37. The van der Waals surface area contributed by atoms with E-state index in [0.717, 1.165) is 12.1 Å². The zero-order valence-electron chi connectivity index (χ0n) is 9.91. The summed E-state index contributed by atoms with van der Waals surface area (Å²) >= 11 is 0. The van der Waals surface area contributed by atoms with Crippen LogP contribution in [0.15, 0.2) is 42.5 Å². The van der Waals surface area contributed by atoms with E-state index < -0.39 is 11.7 Å². The quantitative estimate of drug-likeness (QED) is 0.819. The van der Waals surface area contributed by atoms with Gasteiger partial charge in [-0.05, 0) is 41.0 Å². The van der Waals surface area contributed by atoms with Gasteiger partial charge in [0.15, 0.2) is 0 Å². The molecule has 2 aromatic rings. The molecule has 3 N–H and O–H groups in total. The number of rotatable bonds is 2. The molecule has 0 radical (unpaired) electrons. The number of nitrogens with two attached hydrogens (primary N) is 1. The Morgan fingerprint density at radius 3 is 2.16 bits per heavy atom. The van der Waals surface area contributed by atoms with Gasteiger partial charge in [-0.2, -0.15) is 13.2 Å². The lowest BCUT2D eigenvalue weighted by Gasteiger charge is -2.11. The fraction of sp³-hybridized carbons (Fsp3) is 0.143. The molecule has 0 amide bonds. The van der Waals surface area contributed by atoms with Gasteiger partial charge in [0, 0.05) is 5.69 Å². The number of aliphatic hydroxyl groups excluding tert-OH is 1. The summed E-state index contributed by atoms with van der Waals surface area (Å²) in [5.41, 5.74) is 7.27. The number of benzene rings is 2. The Labute approximate surface area is 108 Å². The monoisotopic (exact) mass is 267 g/mol. The minimum Gasteiger partial charge on any atom is -0.399 e. The van der Waals surface area contributed by atoms with Gasteiger partial charge in [-0.15, -0.1) is 0 Å². The largest absolute Gasteiger partial charge is 0.416 e. The highest BCUT2D eigenvalue weighted by Crippen LogP contribution is 2.32. The van der Waals surface area contributed by atoms with Gasteiger partial charge in [0.2, 0.25) is 0 Å². The van der Waals surface area contributed by atoms with Gasteiger partial charge in [-0.3, -0.25) is 0 Å². The van der Waals surface area contributed by atoms with Crippen LogP contribution in [0.25, 0.3) is 11.1 Å². The summed E-state index contributed by atoms with van der Waals surface area (Å²) in [6.07, 6.45) is -4.35. The number of anilines is 1. The molecule has 5 heteroatoms. The van der Waals surface area contributed by atoms with Crippen molar-refractivity contribution in [1.29, 1.82) is 0 Å². The maximum Gasteiger partial charge on any atom is 0.416 e. The van der Waals surface area contributed by atoms with Crippen LogP contribution < -0.4 is 5.73 Å². The van der Waals surface area contributed by atoms with Crippen LogP contribution in [0.2, 0.25) is 0 Å². The summed E-state index contributed by atoms with van der Waals surface area (Å²) in [4.78, 5) is 0. The van der Waals surface area contributed by atoms with E-state index in [1.54, 1.807) is 18.2 Å². The fourth-order valence-electron chi connectivity index (χ4n) is 1.86. The van der Waals surface area contributed by atoms with E-state index in [2.05, 4.69) is 0 Å². The van der Waals surface area contributed by atoms with Gasteiger partial charge in [0.05, 0.1) is 12.2 Å². The second kappa shape index (κ2) is 4.93. The maximum absolute atomic E-state index is 12.5. The highest BCUT2D eigenvalue weighted by Gasteiger charge is 2.30. The summed E-state index contributed by atoms with van der Waals surface area (Å²) in [7, 11) is 0. The average molecular weight is 267 g/mol. The SMILES string of the molecule is Nc1ccc(-c2ccc(C(F)(F)F)cc2)c(CO)c1. The number of nitrogen functional groups attached to an aromatic ring is 1. The molecule has 19 heavy (non-hydrogen) atoms. The van der Waals surface area contributed by atoms with Crippen LogP contribution in [0.3, 0.4) is 0 Å². The van der Waals surface area contributed by atoms with Crippen LogP contribution in [-0.4, -0.2) is 5.11 Å². The molecule has 0 aromatic heterocycles. The molecule has 0 fully saturated rings. The molecule has 0 heterocycles. The lowest BCUT2D eigenvalue weighted by atomic mass is 9.98. The molecule has 0 aliphatic carbocycles. The number of alkyl halides is 3. The number of aliphatic hydroxyl groups is 1. The molecule has 0 bridgehead atoms. The van der Waals surface area contributed by atoms with Gasteiger partial charge >= 0.3 is 6.18 Å². The van der Waals surface area contributed by atoms with Crippen molar-refractivity contribution in [2.75, 3.05) is 5.73 Å². The van der Waals surface area contributed by atoms with Crippen molar-refractivity contribution in [3.05, 3.63) is 53.6 Å². The molecule has 0 aliphatic rings. The summed E-state index contributed by atoms with van der Waals surface area (Å²) in [5, 5.41) is 9.25. The Hall–Kier alpha value is -2.01. The summed E-state index contributed by atoms with van der Waals surface area (Å²) in [5.74, 6) is 0. The van der Waals surface area contributed by atoms with E-state index in [1.165, 1.54) is 12.1 Å². The number of hydrogen-bond donors (Lipinski definition) is 2. The molecule has 2 aromatic carbocycles. The van der Waals surface area contributed by atoms with Gasteiger partial charge in [0.1, 0.15) is 0 Å². The smallest absolute Gasteiger partial charge is 0.399 e. The fourth-order valence-corrected chi connectivity index (χ4v) is 1.86. The second-order valence-corrected chi connectivity index (χ2v) is 4.15. The van der Waals surface area contributed by atoms with Crippen molar-refractivity contribution in [3.8, 4) is 11.1 Å². The Bertz CT molecular complexity index is 576. The predicted molar refractivity (Wildman–Crippen MR) is 67.2 cm³/mol. The lowest BCUT2D eigenvalue weighted by molar-refractivity contribution is -0.137. The van der Waals surface area contributed by atoms with Crippen LogP contribution in [0.1, 0.15) is 11.1 Å². The molecular weight excluding hydrogens is 255 g/mol. The van der Waals surface area contributed by atoms with Gasteiger partial charge in [0.25, 0.3) is 0 Å². The van der Waals surface area contributed by atoms with Crippen molar-refractivity contribution >= 4 is 5.69 Å². The maximum atomic E-state index is 12.5. The van der Waals surface area contributed by atoms with E-state index in [-0.39, 0.29) is 6.61 Å². The molecule has 100 valence electrons. The van der Waals surface area contributed by atoms with Crippen LogP contribution in [-0.2, 0) is 12.8 Å². The molecule has 0 atom stereocenters. The zero-order valence-corrected chi connectivity index (χ0v) is 9.91. The first-order chi connectivity index (χ1) is 8.91. The topological polar surface area (TPSA) is 46.2 Å². The van der Waals surface area contributed by atoms with Gasteiger partial charge in [-0.25, -0.2) is 0 Å². The lowest BCUT2D eigenvalue weighted by Crippen LogP contribution is -2.04. The Morgan fingerprint density at radius 2 is 1.63 bits per heavy atom. The van der Waals surface area contributed by atoms with Crippen LogP contribution in [0.5, 0.6) is 0 Å². The van der Waals surface area contributed by atoms with E-state index in [9.17, 15) is 18.3 Å². The van der Waals surface area contributed by atoms with E-state index >= 15 is 0 Å². The standard InChI is InChI=1S/C14H12F3NO/c15-14(16,17)11-3-1-9(2-4-11)13-6-5-12(18)7-10(13)8-19/h1-7,19H,8,18H2. The van der Waals surface area contributed by atoms with Crippen LogP contribution in [0, 0.1) is 0 Å². The van der Waals surface area contributed by atoms with Crippen LogP contribution in [0.4, 0.5) is 18.9 Å². The Balaban J connectivity index is 2.43. The Morgan fingerprint density at radius 1 is 1.00 bits per heavy atom. The molecule has 2 rings (SSSR count). The summed E-state index contributed by atoms with van der Waals surface area (Å²) < 4.78 is 37.4. The van der Waals surface area contributed by atoms with Gasteiger partial charge < -0.3 is 10.8 Å². The molecule has 0 spiro atoms. The molecule has 2 nitrogen and oxygen atoms in total. The highest BCUT2D eigenvalue weighted by atomic mass is 19.4. The zero-order chi connectivity index (χ0) is 14.0. The Kier molecular flexibility index (Phi) is 3.48. The minimum atomic E-state index is -4.35. The summed E-state index contributed by atoms with van der Waals surface area (Å²) in [6, 6.07) is 9.74. The first-order valence-corrected chi connectivity index (χ1v) is 5.58. The van der Waals surface area contributed by atoms with Gasteiger partial charge in [-0.1, -0.05) is 18.2 Å². The van der Waals surface area contributed by atoms with Crippen molar-refractivity contribution in [1.82, 2.24) is 0 Å². The van der Waals surface area contributed by atoms with Crippen molar-refractivity contribution in [2.45, 2.75) is 12.8 Å². The molecule has 0 aliphatic heterocycles. The summed E-state index contributed by atoms with van der Waals surface area (Å²) in [6.45, 7) is -0.221. The van der Waals surface area contributed by atoms with Crippen molar-refractivity contribution in [3.63, 3.8) is 0 Å². The third-order valence-corrected chi connectivity index (χ3v) is 2.82. The predicted octanol–water partition coefficient (Wildman–Crippen LogP) is 3.45. The van der Waals surface area contributed by atoms with Crippen LogP contribution >= 0.6 is 0 Å². The third-order valence-electron chi connectivity index (χ3n) is 2.82. The molecule has 0 unspecified atom stereocenters. The second-order valence-electron chi connectivity index (χ2n) is 4.15. The first kappa shape index (κ1) is 13.4.